The van der Waals surface area contributed by atoms with E-state index in [0.29, 0.717) is 39.8 Å². The Labute approximate surface area is 179 Å². The molecule has 0 aliphatic rings. The van der Waals surface area contributed by atoms with Gasteiger partial charge in [-0.1, -0.05) is 12.1 Å². The van der Waals surface area contributed by atoms with Crippen LogP contribution in [0.5, 0.6) is 17.2 Å². The predicted octanol–water partition coefficient (Wildman–Crippen LogP) is 5.15. The molecular formula is C24H22N2O5. The first kappa shape index (κ1) is 20.3. The zero-order valence-corrected chi connectivity index (χ0v) is 17.7. The molecule has 0 bridgehead atoms. The first-order valence-corrected chi connectivity index (χ1v) is 9.61. The molecule has 4 aromatic rings. The molecule has 0 unspecified atom stereocenters. The number of rotatable bonds is 6. The van der Waals surface area contributed by atoms with Gasteiger partial charge in [-0.3, -0.25) is 9.78 Å². The summed E-state index contributed by atoms with van der Waals surface area (Å²) in [7, 11) is 4.70. The molecule has 0 aliphatic carbocycles. The van der Waals surface area contributed by atoms with E-state index < -0.39 is 0 Å². The van der Waals surface area contributed by atoms with Crippen LogP contribution >= 0.6 is 0 Å². The molecular weight excluding hydrogens is 396 g/mol. The van der Waals surface area contributed by atoms with Gasteiger partial charge in [0, 0.05) is 36.0 Å². The van der Waals surface area contributed by atoms with Gasteiger partial charge < -0.3 is 23.9 Å². The third-order valence-electron chi connectivity index (χ3n) is 4.86. The molecule has 0 atom stereocenters. The molecule has 0 aliphatic heterocycles. The van der Waals surface area contributed by atoms with Crippen molar-refractivity contribution >= 4 is 22.7 Å². The summed E-state index contributed by atoms with van der Waals surface area (Å²) in [5, 5.41) is 2.81. The molecule has 2 aromatic carbocycles. The van der Waals surface area contributed by atoms with E-state index in [2.05, 4.69) is 10.3 Å². The van der Waals surface area contributed by atoms with Crippen molar-refractivity contribution in [2.45, 2.75) is 6.92 Å². The average molecular weight is 418 g/mol. The highest BCUT2D eigenvalue weighted by molar-refractivity contribution is 5.94. The molecule has 7 heteroatoms. The number of carbonyl (C=O) groups excluding carboxylic acids is 1. The van der Waals surface area contributed by atoms with Crippen LogP contribution in [0.15, 0.2) is 59.1 Å². The van der Waals surface area contributed by atoms with Gasteiger partial charge in [0.05, 0.1) is 21.3 Å². The van der Waals surface area contributed by atoms with Crippen LogP contribution in [0.3, 0.4) is 0 Å². The van der Waals surface area contributed by atoms with E-state index in [4.69, 9.17) is 18.6 Å². The van der Waals surface area contributed by atoms with Gasteiger partial charge in [0.15, 0.2) is 17.1 Å². The van der Waals surface area contributed by atoms with Crippen molar-refractivity contribution in [1.82, 2.24) is 4.98 Å². The van der Waals surface area contributed by atoms with Crippen molar-refractivity contribution in [3.63, 3.8) is 0 Å². The summed E-state index contributed by atoms with van der Waals surface area (Å²) in [5.41, 5.74) is 4.62. The lowest BCUT2D eigenvalue weighted by Gasteiger charge is -2.13. The molecule has 0 saturated carbocycles. The Hall–Kier alpha value is -4.00. The molecule has 0 saturated heterocycles. The Morgan fingerprint density at radius 1 is 0.935 bits per heavy atom. The number of fused-ring (bicyclic) bond motifs is 1. The standard InChI is InChI=1S/C24H22N2O5/c1-14(27)26-17-7-5-6-15(10-17)18-8-9-25-19-13-20(31-23(18)19)16-11-21(28-2)24(30-4)22(12-16)29-3/h5-13H,1-4H3,(H,26,27). The van der Waals surface area contributed by atoms with Crippen molar-refractivity contribution < 1.29 is 23.4 Å². The number of carbonyl (C=O) groups is 1. The molecule has 0 fully saturated rings. The van der Waals surface area contributed by atoms with Crippen LogP contribution in [-0.2, 0) is 4.79 Å². The summed E-state index contributed by atoms with van der Waals surface area (Å²) in [5.74, 6) is 2.08. The molecule has 0 spiro atoms. The second-order valence-corrected chi connectivity index (χ2v) is 6.86. The fourth-order valence-corrected chi connectivity index (χ4v) is 3.50. The molecule has 0 radical (unpaired) electrons. The largest absolute Gasteiger partial charge is 0.493 e. The van der Waals surface area contributed by atoms with Gasteiger partial charge in [-0.25, -0.2) is 0 Å². The van der Waals surface area contributed by atoms with E-state index in [9.17, 15) is 4.79 Å². The second kappa shape index (κ2) is 8.39. The number of aromatic nitrogens is 1. The fraction of sp³-hybridized carbons (Fsp3) is 0.167. The summed E-state index contributed by atoms with van der Waals surface area (Å²) in [6.45, 7) is 1.48. The van der Waals surface area contributed by atoms with Crippen LogP contribution < -0.4 is 19.5 Å². The van der Waals surface area contributed by atoms with Gasteiger partial charge >= 0.3 is 0 Å². The van der Waals surface area contributed by atoms with E-state index in [1.165, 1.54) is 6.92 Å². The minimum absolute atomic E-state index is 0.125. The van der Waals surface area contributed by atoms with Crippen LogP contribution in [0.25, 0.3) is 33.6 Å². The maximum absolute atomic E-state index is 11.4. The minimum atomic E-state index is -0.125. The topological polar surface area (TPSA) is 82.8 Å². The molecule has 31 heavy (non-hydrogen) atoms. The molecule has 7 nitrogen and oxygen atoms in total. The van der Waals surface area contributed by atoms with E-state index in [1.54, 1.807) is 27.5 Å². The van der Waals surface area contributed by atoms with Crippen LogP contribution in [0, 0.1) is 0 Å². The molecule has 1 N–H and O–H groups in total. The Kier molecular flexibility index (Phi) is 5.49. The lowest BCUT2D eigenvalue weighted by atomic mass is 10.1. The third-order valence-corrected chi connectivity index (χ3v) is 4.86. The number of hydrogen-bond donors (Lipinski definition) is 1. The average Bonchev–Trinajstić information content (AvgIpc) is 3.22. The first-order chi connectivity index (χ1) is 15.0. The number of methoxy groups -OCH3 is 3. The lowest BCUT2D eigenvalue weighted by molar-refractivity contribution is -0.114. The maximum Gasteiger partial charge on any atom is 0.221 e. The number of nitrogens with zero attached hydrogens (tertiary/aromatic N) is 1. The van der Waals surface area contributed by atoms with Crippen LogP contribution in [0.2, 0.25) is 0 Å². The molecule has 1 amide bonds. The van der Waals surface area contributed by atoms with Crippen LogP contribution in [-0.4, -0.2) is 32.2 Å². The Morgan fingerprint density at radius 3 is 2.32 bits per heavy atom. The number of amides is 1. The number of benzene rings is 2. The molecule has 4 rings (SSSR count). The van der Waals surface area contributed by atoms with Crippen molar-refractivity contribution in [2.24, 2.45) is 0 Å². The van der Waals surface area contributed by atoms with Crippen molar-refractivity contribution in [3.05, 3.63) is 54.7 Å². The van der Waals surface area contributed by atoms with Crippen molar-refractivity contribution in [3.8, 4) is 39.7 Å². The van der Waals surface area contributed by atoms with Crippen LogP contribution in [0.1, 0.15) is 6.92 Å². The highest BCUT2D eigenvalue weighted by atomic mass is 16.5. The van der Waals surface area contributed by atoms with Gasteiger partial charge in [0.2, 0.25) is 11.7 Å². The molecule has 158 valence electrons. The van der Waals surface area contributed by atoms with Gasteiger partial charge in [0.25, 0.3) is 0 Å². The highest BCUT2D eigenvalue weighted by Gasteiger charge is 2.18. The zero-order valence-electron chi connectivity index (χ0n) is 17.7. The molecule has 2 aromatic heterocycles. The summed E-state index contributed by atoms with van der Waals surface area (Å²) in [6, 6.07) is 15.0. The van der Waals surface area contributed by atoms with E-state index in [1.807, 2.05) is 48.5 Å². The first-order valence-electron chi connectivity index (χ1n) is 9.61. The SMILES string of the molecule is COc1cc(-c2cc3nccc(-c4cccc(NC(C)=O)c4)c3o2)cc(OC)c1OC. The van der Waals surface area contributed by atoms with E-state index >= 15 is 0 Å². The predicted molar refractivity (Wildman–Crippen MR) is 119 cm³/mol. The summed E-state index contributed by atoms with van der Waals surface area (Å²) < 4.78 is 22.5. The number of anilines is 1. The smallest absolute Gasteiger partial charge is 0.221 e. The minimum Gasteiger partial charge on any atom is -0.493 e. The lowest BCUT2D eigenvalue weighted by Crippen LogP contribution is -2.05. The number of nitrogens with one attached hydrogen (secondary N) is 1. The number of ether oxygens (including phenoxy) is 3. The monoisotopic (exact) mass is 418 g/mol. The van der Waals surface area contributed by atoms with Crippen LogP contribution in [0.4, 0.5) is 5.69 Å². The Morgan fingerprint density at radius 2 is 1.68 bits per heavy atom. The number of pyridine rings is 1. The number of hydrogen-bond acceptors (Lipinski definition) is 6. The van der Waals surface area contributed by atoms with E-state index in [0.717, 1.165) is 16.7 Å². The fourth-order valence-electron chi connectivity index (χ4n) is 3.50. The second-order valence-electron chi connectivity index (χ2n) is 6.86. The summed E-state index contributed by atoms with van der Waals surface area (Å²) in [6.07, 6.45) is 1.73. The summed E-state index contributed by atoms with van der Waals surface area (Å²) in [4.78, 5) is 15.9. The van der Waals surface area contributed by atoms with E-state index in [-0.39, 0.29) is 5.91 Å². The van der Waals surface area contributed by atoms with Gasteiger partial charge in [0.1, 0.15) is 11.3 Å². The van der Waals surface area contributed by atoms with Crippen molar-refractivity contribution in [1.29, 1.82) is 0 Å². The Bertz CT molecular complexity index is 1240. The maximum atomic E-state index is 11.4. The van der Waals surface area contributed by atoms with Gasteiger partial charge in [-0.15, -0.1) is 0 Å². The molecule has 2 heterocycles. The normalized spacial score (nSPS) is 10.7. The third kappa shape index (κ3) is 3.90. The highest BCUT2D eigenvalue weighted by Crippen LogP contribution is 2.42. The van der Waals surface area contributed by atoms with Gasteiger partial charge in [-0.05, 0) is 35.9 Å². The Balaban J connectivity index is 1.83. The quantitative estimate of drug-likeness (QED) is 0.466. The zero-order chi connectivity index (χ0) is 22.0. The number of furan rings is 1. The van der Waals surface area contributed by atoms with Gasteiger partial charge in [-0.2, -0.15) is 0 Å². The summed E-state index contributed by atoms with van der Waals surface area (Å²) >= 11 is 0. The van der Waals surface area contributed by atoms with Crippen molar-refractivity contribution in [2.75, 3.05) is 26.6 Å².